The van der Waals surface area contributed by atoms with Crippen molar-refractivity contribution < 1.29 is 18.3 Å². The Morgan fingerprint density at radius 3 is 2.65 bits per heavy atom. The van der Waals surface area contributed by atoms with Gasteiger partial charge in [0, 0.05) is 11.5 Å². The third kappa shape index (κ3) is 2.83. The van der Waals surface area contributed by atoms with Gasteiger partial charge in [0.2, 0.25) is 0 Å². The largest absolute Gasteiger partial charge is 0.478 e. The summed E-state index contributed by atoms with van der Waals surface area (Å²) in [4.78, 5) is 11.1. The number of aromatic nitrogens is 2. The third-order valence-electron chi connectivity index (χ3n) is 2.51. The summed E-state index contributed by atoms with van der Waals surface area (Å²) in [5.41, 5.74) is -0.160. The average Bonchev–Trinajstić information content (AvgIpc) is 2.75. The van der Waals surface area contributed by atoms with Gasteiger partial charge < -0.3 is 5.11 Å². The van der Waals surface area contributed by atoms with Gasteiger partial charge in [-0.05, 0) is 24.3 Å². The first-order valence-corrected chi connectivity index (χ1v) is 7.62. The zero-order valence-corrected chi connectivity index (χ0v) is 12.6. The molecule has 0 saturated heterocycles. The number of anilines is 1. The van der Waals surface area contributed by atoms with Crippen LogP contribution in [0.1, 0.15) is 10.4 Å². The maximum Gasteiger partial charge on any atom is 0.337 e. The molecular formula is C11H10BrN3O4S. The summed E-state index contributed by atoms with van der Waals surface area (Å²) >= 11 is 3.17. The molecule has 0 spiro atoms. The van der Waals surface area contributed by atoms with E-state index in [0.717, 1.165) is 0 Å². The second-order valence-corrected chi connectivity index (χ2v) is 6.44. The van der Waals surface area contributed by atoms with E-state index in [0.29, 0.717) is 4.47 Å². The lowest BCUT2D eigenvalue weighted by Crippen LogP contribution is -2.18. The van der Waals surface area contributed by atoms with Crippen molar-refractivity contribution in [3.8, 4) is 0 Å². The van der Waals surface area contributed by atoms with Crippen LogP contribution in [0.5, 0.6) is 0 Å². The quantitative estimate of drug-likeness (QED) is 0.864. The van der Waals surface area contributed by atoms with E-state index < -0.39 is 16.0 Å². The van der Waals surface area contributed by atoms with Crippen molar-refractivity contribution in [2.45, 2.75) is 5.03 Å². The Bertz CT molecular complexity index is 770. The van der Waals surface area contributed by atoms with E-state index in [1.54, 1.807) is 0 Å². The summed E-state index contributed by atoms with van der Waals surface area (Å²) in [7, 11) is -2.43. The van der Waals surface area contributed by atoms with E-state index in [9.17, 15) is 13.2 Å². The summed E-state index contributed by atoms with van der Waals surface area (Å²) in [5.74, 6) is -1.22. The highest BCUT2D eigenvalue weighted by Crippen LogP contribution is 2.24. The molecule has 1 heterocycles. The number of hydrogen-bond donors (Lipinski definition) is 2. The van der Waals surface area contributed by atoms with Crippen LogP contribution in [-0.4, -0.2) is 29.3 Å². The van der Waals surface area contributed by atoms with Crippen molar-refractivity contribution in [1.29, 1.82) is 0 Å². The minimum absolute atomic E-state index is 0.0203. The molecule has 106 valence electrons. The number of nitrogens with zero attached hydrogens (tertiary/aromatic N) is 2. The first-order chi connectivity index (χ1) is 9.31. The van der Waals surface area contributed by atoms with Crippen LogP contribution in [0.25, 0.3) is 0 Å². The summed E-state index contributed by atoms with van der Waals surface area (Å²) in [6.07, 6.45) is 1.34. The van der Waals surface area contributed by atoms with Crippen LogP contribution in [0, 0.1) is 0 Å². The maximum atomic E-state index is 12.2. The number of sulfonamides is 1. The van der Waals surface area contributed by atoms with Gasteiger partial charge in [-0.25, -0.2) is 4.79 Å². The first kappa shape index (κ1) is 14.5. The Labute approximate surface area is 123 Å². The van der Waals surface area contributed by atoms with Crippen LogP contribution in [0.15, 0.2) is 40.0 Å². The predicted molar refractivity (Wildman–Crippen MR) is 75.1 cm³/mol. The van der Waals surface area contributed by atoms with E-state index in [1.807, 2.05) is 0 Å². The number of carboxylic acids is 1. The number of halogens is 1. The maximum absolute atomic E-state index is 12.2. The second-order valence-electron chi connectivity index (χ2n) is 3.89. The fourth-order valence-corrected chi connectivity index (χ4v) is 3.17. The fraction of sp³-hybridized carbons (Fsp3) is 0.0909. The van der Waals surface area contributed by atoms with E-state index in [1.165, 1.54) is 42.2 Å². The Morgan fingerprint density at radius 2 is 2.10 bits per heavy atom. The molecule has 0 amide bonds. The lowest BCUT2D eigenvalue weighted by Gasteiger charge is -2.11. The molecule has 9 heteroatoms. The van der Waals surface area contributed by atoms with Gasteiger partial charge in [0.1, 0.15) is 0 Å². The molecule has 0 unspecified atom stereocenters. The number of carboxylic acid groups (broad SMARTS) is 1. The van der Waals surface area contributed by atoms with Crippen LogP contribution < -0.4 is 4.72 Å². The van der Waals surface area contributed by atoms with E-state index in [4.69, 9.17) is 5.11 Å². The fourth-order valence-electron chi connectivity index (χ4n) is 1.61. The van der Waals surface area contributed by atoms with Crippen molar-refractivity contribution in [2.75, 3.05) is 4.72 Å². The monoisotopic (exact) mass is 359 g/mol. The van der Waals surface area contributed by atoms with Crippen LogP contribution >= 0.6 is 15.9 Å². The standard InChI is InChI=1S/C11H10BrN3O4S/c1-15-10(4-5-13-15)20(18,19)14-9-6-7(12)2-3-8(9)11(16)17/h2-6,14H,1H3,(H,16,17). The molecule has 20 heavy (non-hydrogen) atoms. The SMILES string of the molecule is Cn1nccc1S(=O)(=O)Nc1cc(Br)ccc1C(=O)O. The molecule has 0 atom stereocenters. The molecule has 0 aliphatic rings. The number of aromatic carboxylic acids is 1. The summed E-state index contributed by atoms with van der Waals surface area (Å²) in [6, 6.07) is 5.54. The van der Waals surface area contributed by atoms with Gasteiger partial charge in [0.05, 0.1) is 17.4 Å². The molecule has 2 rings (SSSR count). The Hall–Kier alpha value is -1.87. The van der Waals surface area contributed by atoms with Crippen molar-refractivity contribution in [2.24, 2.45) is 7.05 Å². The van der Waals surface area contributed by atoms with Crippen LogP contribution in [0.3, 0.4) is 0 Å². The van der Waals surface area contributed by atoms with Gasteiger partial charge in [-0.3, -0.25) is 9.40 Å². The van der Waals surface area contributed by atoms with Gasteiger partial charge in [-0.2, -0.15) is 13.5 Å². The number of benzene rings is 1. The van der Waals surface area contributed by atoms with Crippen LogP contribution in [0.4, 0.5) is 5.69 Å². The number of hydrogen-bond acceptors (Lipinski definition) is 4. The molecule has 2 aromatic rings. The molecule has 0 aliphatic heterocycles. The van der Waals surface area contributed by atoms with Crippen molar-refractivity contribution in [3.63, 3.8) is 0 Å². The van der Waals surface area contributed by atoms with Crippen molar-refractivity contribution in [1.82, 2.24) is 9.78 Å². The molecule has 0 fully saturated rings. The molecule has 1 aromatic heterocycles. The highest BCUT2D eigenvalue weighted by Gasteiger charge is 2.21. The smallest absolute Gasteiger partial charge is 0.337 e. The number of rotatable bonds is 4. The van der Waals surface area contributed by atoms with Gasteiger partial charge in [-0.1, -0.05) is 15.9 Å². The van der Waals surface area contributed by atoms with Gasteiger partial charge in [0.15, 0.2) is 5.03 Å². The Kier molecular flexibility index (Phi) is 3.82. The Morgan fingerprint density at radius 1 is 1.40 bits per heavy atom. The Balaban J connectivity index is 2.47. The molecule has 0 bridgehead atoms. The van der Waals surface area contributed by atoms with Crippen LogP contribution in [-0.2, 0) is 17.1 Å². The minimum Gasteiger partial charge on any atom is -0.478 e. The normalized spacial score (nSPS) is 11.3. The first-order valence-electron chi connectivity index (χ1n) is 5.35. The summed E-state index contributed by atoms with van der Waals surface area (Å²) in [5, 5.41) is 12.8. The van der Waals surface area contributed by atoms with Crippen LogP contribution in [0.2, 0.25) is 0 Å². The number of nitrogens with one attached hydrogen (secondary N) is 1. The third-order valence-corrected chi connectivity index (χ3v) is 4.44. The van der Waals surface area contributed by atoms with Gasteiger partial charge >= 0.3 is 5.97 Å². The highest BCUT2D eigenvalue weighted by atomic mass is 79.9. The lowest BCUT2D eigenvalue weighted by atomic mass is 10.2. The number of aryl methyl sites for hydroxylation is 1. The lowest BCUT2D eigenvalue weighted by molar-refractivity contribution is 0.0698. The molecule has 7 nitrogen and oxygen atoms in total. The summed E-state index contributed by atoms with van der Waals surface area (Å²) in [6.45, 7) is 0. The van der Waals surface area contributed by atoms with Gasteiger partial charge in [-0.15, -0.1) is 0 Å². The van der Waals surface area contributed by atoms with Crippen molar-refractivity contribution in [3.05, 3.63) is 40.5 Å². The molecule has 0 saturated carbocycles. The predicted octanol–water partition coefficient (Wildman–Crippen LogP) is 1.68. The van der Waals surface area contributed by atoms with E-state index in [2.05, 4.69) is 25.8 Å². The molecule has 1 aromatic carbocycles. The molecular weight excluding hydrogens is 350 g/mol. The second kappa shape index (κ2) is 5.25. The topological polar surface area (TPSA) is 101 Å². The zero-order chi connectivity index (χ0) is 14.9. The molecule has 2 N–H and O–H groups in total. The van der Waals surface area contributed by atoms with Crippen molar-refractivity contribution >= 4 is 37.6 Å². The zero-order valence-electron chi connectivity index (χ0n) is 10.2. The minimum atomic E-state index is -3.91. The average molecular weight is 360 g/mol. The molecule has 0 radical (unpaired) electrons. The number of carbonyl (C=O) groups is 1. The van der Waals surface area contributed by atoms with E-state index >= 15 is 0 Å². The van der Waals surface area contributed by atoms with E-state index in [-0.39, 0.29) is 16.3 Å². The molecule has 0 aliphatic carbocycles. The van der Waals surface area contributed by atoms with Gasteiger partial charge in [0.25, 0.3) is 10.0 Å². The summed E-state index contributed by atoms with van der Waals surface area (Å²) < 4.78 is 28.4. The highest BCUT2D eigenvalue weighted by molar-refractivity contribution is 9.10.